The van der Waals surface area contributed by atoms with Gasteiger partial charge in [-0.3, -0.25) is 9.80 Å². The van der Waals surface area contributed by atoms with Crippen molar-refractivity contribution in [2.24, 2.45) is 0 Å². The zero-order valence-electron chi connectivity index (χ0n) is 25.9. The van der Waals surface area contributed by atoms with Crippen LogP contribution in [0.15, 0.2) is 48.5 Å². The monoisotopic (exact) mass is 738 g/mol. The Morgan fingerprint density at radius 1 is 0.533 bits per heavy atom. The van der Waals surface area contributed by atoms with E-state index >= 15 is 0 Å². The number of benzene rings is 2. The van der Waals surface area contributed by atoms with Crippen LogP contribution in [0.5, 0.6) is 0 Å². The van der Waals surface area contributed by atoms with Gasteiger partial charge >= 0.3 is 117 Å². The van der Waals surface area contributed by atoms with Crippen molar-refractivity contribution in [1.82, 2.24) is 18.4 Å². The number of sulfonamides is 2. The Labute approximate surface area is 346 Å². The van der Waals surface area contributed by atoms with E-state index in [1.807, 2.05) is 9.80 Å². The third-order valence-corrected chi connectivity index (χ3v) is 9.73. The fourth-order valence-electron chi connectivity index (χ4n) is 4.64. The quantitative estimate of drug-likeness (QED) is 0.198. The standard InChI is InChI=1S/2C12H17BF3N2O2S.2K.H2O/c2*1-21(19,20)18-8-6-17(7-9-18)10-11-2-4-12(5-3-11)13(14,15)16;;;/h2*2-5H,6-10H2,1H3;;;1H2/q2*-1;2*+1;. The first kappa shape index (κ1) is 46.1. The van der Waals surface area contributed by atoms with Gasteiger partial charge in [-0.25, -0.2) is 16.8 Å². The summed E-state index contributed by atoms with van der Waals surface area (Å²) in [5, 5.41) is 0. The molecule has 9 nitrogen and oxygen atoms in total. The van der Waals surface area contributed by atoms with E-state index < -0.39 is 44.9 Å². The van der Waals surface area contributed by atoms with Crippen molar-refractivity contribution in [1.29, 1.82) is 0 Å². The van der Waals surface area contributed by atoms with E-state index in [1.54, 1.807) is 0 Å². The molecule has 2 saturated heterocycles. The predicted octanol–water partition coefficient (Wildman–Crippen LogP) is -5.18. The summed E-state index contributed by atoms with van der Waals surface area (Å²) in [6.07, 6.45) is 2.36. The van der Waals surface area contributed by atoms with Crippen molar-refractivity contribution in [3.8, 4) is 0 Å². The van der Waals surface area contributed by atoms with Crippen molar-refractivity contribution in [3.05, 3.63) is 59.7 Å². The normalized spacial score (nSPS) is 17.6. The number of nitrogens with zero attached hydrogens (tertiary/aromatic N) is 4. The van der Waals surface area contributed by atoms with Crippen LogP contribution >= 0.6 is 0 Å². The molecule has 0 aromatic heterocycles. The molecule has 0 atom stereocenters. The molecule has 0 bridgehead atoms. The number of halogens is 6. The van der Waals surface area contributed by atoms with Crippen LogP contribution in [0.1, 0.15) is 11.1 Å². The predicted molar refractivity (Wildman–Crippen MR) is 157 cm³/mol. The van der Waals surface area contributed by atoms with E-state index in [0.717, 1.165) is 35.4 Å². The van der Waals surface area contributed by atoms with Crippen molar-refractivity contribution in [2.75, 3.05) is 64.9 Å². The second-order valence-corrected chi connectivity index (χ2v) is 14.5. The van der Waals surface area contributed by atoms with Crippen LogP contribution < -0.4 is 114 Å². The van der Waals surface area contributed by atoms with E-state index in [1.165, 1.54) is 45.4 Å². The largest absolute Gasteiger partial charge is 1.00 e. The Morgan fingerprint density at radius 2 is 0.778 bits per heavy atom. The van der Waals surface area contributed by atoms with Gasteiger partial charge in [-0.05, 0) is 11.1 Å². The molecule has 4 rings (SSSR count). The molecule has 0 aliphatic carbocycles. The molecule has 0 spiro atoms. The van der Waals surface area contributed by atoms with Crippen LogP contribution in [0.3, 0.4) is 0 Å². The number of hydrogen-bond donors (Lipinski definition) is 0. The second kappa shape index (κ2) is 19.5. The maximum Gasteiger partial charge on any atom is 1.00 e. The van der Waals surface area contributed by atoms with E-state index in [4.69, 9.17) is 0 Å². The number of rotatable bonds is 8. The Balaban J connectivity index is 0.000000807. The van der Waals surface area contributed by atoms with E-state index in [9.17, 15) is 42.7 Å². The molecule has 2 fully saturated rings. The summed E-state index contributed by atoms with van der Waals surface area (Å²) < 4.78 is 124. The topological polar surface area (TPSA) is 113 Å². The average Bonchev–Trinajstić information content (AvgIpc) is 2.88. The molecular formula is C24H36B2F6K2N4O5S2. The number of piperazine rings is 2. The molecule has 0 radical (unpaired) electrons. The molecule has 244 valence electrons. The molecule has 2 aromatic rings. The first-order chi connectivity index (χ1) is 19.3. The molecule has 2 N–H and O–H groups in total. The summed E-state index contributed by atoms with van der Waals surface area (Å²) in [4.78, 5) is 4.07. The van der Waals surface area contributed by atoms with Crippen LogP contribution in [-0.4, -0.2) is 120 Å². The summed E-state index contributed by atoms with van der Waals surface area (Å²) in [5.74, 6) is 0. The SMILES string of the molecule is CS(=O)(=O)N1CCN(Cc2ccc([B-](F)(F)F)cc2)CC1.CS(=O)(=O)N1CCN(Cc2ccc([B-](F)(F)F)cc2)CC1.O.[K+].[K+]. The molecule has 2 aromatic carbocycles. The number of hydrogen-bond acceptors (Lipinski definition) is 6. The van der Waals surface area contributed by atoms with Crippen molar-refractivity contribution in [2.45, 2.75) is 13.1 Å². The van der Waals surface area contributed by atoms with Gasteiger partial charge in [0.2, 0.25) is 20.0 Å². The fraction of sp³-hybridized carbons (Fsp3) is 0.500. The first-order valence-electron chi connectivity index (χ1n) is 13.2. The Bertz CT molecular complexity index is 1290. The third kappa shape index (κ3) is 15.7. The van der Waals surface area contributed by atoms with Crippen LogP contribution in [0.25, 0.3) is 0 Å². The van der Waals surface area contributed by atoms with Gasteiger partial charge in [-0.2, -0.15) is 8.61 Å². The van der Waals surface area contributed by atoms with Crippen molar-refractivity contribution in [3.63, 3.8) is 0 Å². The maximum absolute atomic E-state index is 12.5. The first-order valence-corrected chi connectivity index (χ1v) is 16.9. The third-order valence-electron chi connectivity index (χ3n) is 7.13. The van der Waals surface area contributed by atoms with Gasteiger partial charge in [0.05, 0.1) is 12.5 Å². The van der Waals surface area contributed by atoms with Crippen LogP contribution in [0.4, 0.5) is 25.9 Å². The van der Waals surface area contributed by atoms with Gasteiger partial charge < -0.3 is 31.4 Å². The maximum atomic E-state index is 12.5. The molecule has 0 amide bonds. The van der Waals surface area contributed by atoms with Gasteiger partial charge in [-0.1, -0.05) is 48.5 Å². The van der Waals surface area contributed by atoms with Gasteiger partial charge in [0.25, 0.3) is 0 Å². The minimum Gasteiger partial charge on any atom is -0.445 e. The van der Waals surface area contributed by atoms with Gasteiger partial charge in [0, 0.05) is 65.4 Å². The Hall–Kier alpha value is 1.12. The second-order valence-electron chi connectivity index (χ2n) is 10.5. The average molecular weight is 739 g/mol. The van der Waals surface area contributed by atoms with Crippen molar-refractivity contribution >= 4 is 44.9 Å². The fourth-order valence-corrected chi connectivity index (χ4v) is 6.29. The summed E-state index contributed by atoms with van der Waals surface area (Å²) in [5.41, 5.74) is 0.402. The Morgan fingerprint density at radius 3 is 0.978 bits per heavy atom. The Kier molecular flexibility index (Phi) is 20.0. The molecule has 2 aliphatic rings. The van der Waals surface area contributed by atoms with E-state index in [0.29, 0.717) is 65.4 Å². The summed E-state index contributed by atoms with van der Waals surface area (Å²) in [6.45, 7) is -4.84. The zero-order chi connectivity index (χ0) is 31.3. The van der Waals surface area contributed by atoms with Gasteiger partial charge in [0.15, 0.2) is 0 Å². The van der Waals surface area contributed by atoms with Crippen LogP contribution in [0, 0.1) is 0 Å². The van der Waals surface area contributed by atoms with Gasteiger partial charge in [-0.15, -0.1) is 10.9 Å². The van der Waals surface area contributed by atoms with Crippen LogP contribution in [-0.2, 0) is 33.1 Å². The van der Waals surface area contributed by atoms with E-state index in [-0.39, 0.29) is 108 Å². The van der Waals surface area contributed by atoms with Crippen LogP contribution in [0.2, 0.25) is 0 Å². The van der Waals surface area contributed by atoms with Gasteiger partial charge in [0.1, 0.15) is 0 Å². The molecule has 2 aliphatic heterocycles. The molecule has 45 heavy (non-hydrogen) atoms. The zero-order valence-corrected chi connectivity index (χ0v) is 33.7. The minimum atomic E-state index is -4.95. The minimum absolute atomic E-state index is 0. The molecule has 0 saturated carbocycles. The summed E-state index contributed by atoms with van der Waals surface area (Å²) in [7, 11) is -6.32. The smallest absolute Gasteiger partial charge is 0.445 e. The molecular weight excluding hydrogens is 702 g/mol. The summed E-state index contributed by atoms with van der Waals surface area (Å²) in [6, 6.07) is 10.3. The molecule has 21 heteroatoms. The summed E-state index contributed by atoms with van der Waals surface area (Å²) >= 11 is 0. The molecule has 2 heterocycles. The van der Waals surface area contributed by atoms with Crippen molar-refractivity contribution < 1.29 is 151 Å². The van der Waals surface area contributed by atoms with E-state index in [2.05, 4.69) is 0 Å². The molecule has 0 unspecified atom stereocenters.